The predicted octanol–water partition coefficient (Wildman–Crippen LogP) is 0.849. The minimum absolute atomic E-state index is 0.0858. The number of hydrogen-bond acceptors (Lipinski definition) is 3. The first-order chi connectivity index (χ1) is 8.07. The maximum Gasteiger partial charge on any atom is 0.325 e. The first kappa shape index (κ1) is 12.4. The Kier molecular flexibility index (Phi) is 3.38. The third kappa shape index (κ3) is 2.29. The van der Waals surface area contributed by atoms with E-state index in [4.69, 9.17) is 0 Å². The Morgan fingerprint density at radius 3 is 2.71 bits per heavy atom. The van der Waals surface area contributed by atoms with E-state index in [-0.39, 0.29) is 18.0 Å². The zero-order valence-corrected chi connectivity index (χ0v) is 10.6. The van der Waals surface area contributed by atoms with Crippen LogP contribution in [0.1, 0.15) is 39.5 Å². The minimum atomic E-state index is -0.703. The molecule has 0 aromatic heterocycles. The molecule has 3 amide bonds. The topological polar surface area (TPSA) is 61.4 Å². The van der Waals surface area contributed by atoms with Gasteiger partial charge in [-0.1, -0.05) is 13.3 Å². The number of piperidine rings is 1. The van der Waals surface area contributed by atoms with Gasteiger partial charge in [0.25, 0.3) is 5.91 Å². The molecule has 0 bridgehead atoms. The highest BCUT2D eigenvalue weighted by Crippen LogP contribution is 2.21. The summed E-state index contributed by atoms with van der Waals surface area (Å²) in [5.74, 6) is -0.0858. The van der Waals surface area contributed by atoms with Crippen molar-refractivity contribution < 1.29 is 9.59 Å². The van der Waals surface area contributed by atoms with Crippen LogP contribution in [0.15, 0.2) is 0 Å². The molecule has 5 heteroatoms. The number of urea groups is 1. The van der Waals surface area contributed by atoms with Crippen molar-refractivity contribution >= 4 is 11.9 Å². The lowest BCUT2D eigenvalue weighted by Crippen LogP contribution is -2.47. The molecule has 0 radical (unpaired) electrons. The zero-order valence-electron chi connectivity index (χ0n) is 10.6. The van der Waals surface area contributed by atoms with Gasteiger partial charge in [0.2, 0.25) is 0 Å². The van der Waals surface area contributed by atoms with Gasteiger partial charge in [-0.15, -0.1) is 0 Å². The molecule has 2 N–H and O–H groups in total. The van der Waals surface area contributed by atoms with E-state index >= 15 is 0 Å². The van der Waals surface area contributed by atoms with Crippen molar-refractivity contribution in [1.82, 2.24) is 15.5 Å². The van der Waals surface area contributed by atoms with E-state index in [2.05, 4.69) is 10.6 Å². The molecule has 0 aliphatic carbocycles. The van der Waals surface area contributed by atoms with Crippen LogP contribution in [0, 0.1) is 0 Å². The van der Waals surface area contributed by atoms with Crippen LogP contribution >= 0.6 is 0 Å². The number of imide groups is 1. The van der Waals surface area contributed by atoms with E-state index in [0.717, 1.165) is 13.0 Å². The van der Waals surface area contributed by atoms with Crippen LogP contribution in [0.3, 0.4) is 0 Å². The molecule has 0 saturated carbocycles. The van der Waals surface area contributed by atoms with Crippen molar-refractivity contribution in [3.05, 3.63) is 0 Å². The van der Waals surface area contributed by atoms with E-state index in [0.29, 0.717) is 13.0 Å². The molecule has 96 valence electrons. The van der Waals surface area contributed by atoms with E-state index in [1.54, 1.807) is 6.92 Å². The van der Waals surface area contributed by atoms with E-state index in [1.165, 1.54) is 17.7 Å². The smallest absolute Gasteiger partial charge is 0.323 e. The van der Waals surface area contributed by atoms with Crippen molar-refractivity contribution in [1.29, 1.82) is 0 Å². The van der Waals surface area contributed by atoms with Crippen molar-refractivity contribution in [2.45, 2.75) is 51.1 Å². The molecule has 2 unspecified atom stereocenters. The number of carbonyl (C=O) groups is 2. The van der Waals surface area contributed by atoms with Crippen molar-refractivity contribution in [2.75, 3.05) is 13.1 Å². The predicted molar refractivity (Wildman–Crippen MR) is 64.6 cm³/mol. The van der Waals surface area contributed by atoms with Crippen molar-refractivity contribution in [3.63, 3.8) is 0 Å². The second kappa shape index (κ2) is 4.64. The zero-order chi connectivity index (χ0) is 12.5. The third-order valence-electron chi connectivity index (χ3n) is 3.87. The summed E-state index contributed by atoms with van der Waals surface area (Å²) >= 11 is 0. The maximum atomic E-state index is 12.2. The van der Waals surface area contributed by atoms with Gasteiger partial charge in [0.15, 0.2) is 0 Å². The standard InChI is InChI=1S/C12H21N3O2/c1-3-12(2)10(16)15(11(17)14-12)8-9-6-4-5-7-13-9/h9,13H,3-8H2,1-2H3,(H,14,17). The lowest BCUT2D eigenvalue weighted by Gasteiger charge is -2.27. The Labute approximate surface area is 102 Å². The minimum Gasteiger partial charge on any atom is -0.323 e. The van der Waals surface area contributed by atoms with Gasteiger partial charge in [-0.05, 0) is 32.7 Å². The van der Waals surface area contributed by atoms with Crippen LogP contribution in [0.25, 0.3) is 0 Å². The Morgan fingerprint density at radius 1 is 1.41 bits per heavy atom. The molecule has 2 heterocycles. The summed E-state index contributed by atoms with van der Waals surface area (Å²) < 4.78 is 0. The van der Waals surface area contributed by atoms with Gasteiger partial charge >= 0.3 is 6.03 Å². The average molecular weight is 239 g/mol. The van der Waals surface area contributed by atoms with Crippen molar-refractivity contribution in [3.8, 4) is 0 Å². The Bertz CT molecular complexity index is 326. The second-order valence-corrected chi connectivity index (χ2v) is 5.18. The SMILES string of the molecule is CCC1(C)NC(=O)N(CC2CCCCN2)C1=O. The number of nitrogens with zero attached hydrogens (tertiary/aromatic N) is 1. The monoisotopic (exact) mass is 239 g/mol. The number of carbonyl (C=O) groups excluding carboxylic acids is 2. The Hall–Kier alpha value is -1.10. The number of hydrogen-bond donors (Lipinski definition) is 2. The summed E-state index contributed by atoms with van der Waals surface area (Å²) in [6.07, 6.45) is 4.03. The van der Waals surface area contributed by atoms with Crippen LogP contribution in [-0.2, 0) is 4.79 Å². The van der Waals surface area contributed by atoms with E-state index < -0.39 is 5.54 Å². The molecular weight excluding hydrogens is 218 g/mol. The molecule has 2 aliphatic rings. The fraction of sp³-hybridized carbons (Fsp3) is 0.833. The molecule has 0 aromatic carbocycles. The normalized spacial score (nSPS) is 34.0. The summed E-state index contributed by atoms with van der Waals surface area (Å²) in [5, 5.41) is 6.14. The molecular formula is C12H21N3O2. The summed E-state index contributed by atoms with van der Waals surface area (Å²) in [6, 6.07) is 0.0179. The van der Waals surface area contributed by atoms with Crippen LogP contribution in [-0.4, -0.2) is 41.5 Å². The first-order valence-corrected chi connectivity index (χ1v) is 6.44. The highest BCUT2D eigenvalue weighted by molar-refractivity contribution is 6.06. The number of amides is 3. The quantitative estimate of drug-likeness (QED) is 0.718. The summed E-state index contributed by atoms with van der Waals surface area (Å²) in [6.45, 7) is 5.20. The molecule has 2 fully saturated rings. The summed E-state index contributed by atoms with van der Waals surface area (Å²) in [5.41, 5.74) is -0.703. The third-order valence-corrected chi connectivity index (χ3v) is 3.87. The van der Waals surface area contributed by atoms with Gasteiger partial charge < -0.3 is 10.6 Å². The molecule has 2 rings (SSSR count). The molecule has 5 nitrogen and oxygen atoms in total. The summed E-state index contributed by atoms with van der Waals surface area (Å²) in [7, 11) is 0. The average Bonchev–Trinajstić information content (AvgIpc) is 2.55. The Balaban J connectivity index is 2.01. The van der Waals surface area contributed by atoms with Crippen molar-refractivity contribution in [2.24, 2.45) is 0 Å². The van der Waals surface area contributed by atoms with Crippen LogP contribution < -0.4 is 10.6 Å². The summed E-state index contributed by atoms with van der Waals surface area (Å²) in [4.78, 5) is 25.3. The van der Waals surface area contributed by atoms with Crippen LogP contribution in [0.2, 0.25) is 0 Å². The first-order valence-electron chi connectivity index (χ1n) is 6.44. The molecule has 0 aromatic rings. The Morgan fingerprint density at radius 2 is 2.18 bits per heavy atom. The van der Waals surface area contributed by atoms with Gasteiger partial charge in [0.1, 0.15) is 5.54 Å². The molecule has 0 spiro atoms. The fourth-order valence-corrected chi connectivity index (χ4v) is 2.45. The second-order valence-electron chi connectivity index (χ2n) is 5.18. The van der Waals surface area contributed by atoms with E-state index in [1.807, 2.05) is 6.92 Å². The highest BCUT2D eigenvalue weighted by Gasteiger charge is 2.46. The maximum absolute atomic E-state index is 12.2. The molecule has 2 atom stereocenters. The molecule has 2 aliphatic heterocycles. The van der Waals surface area contributed by atoms with E-state index in [9.17, 15) is 9.59 Å². The van der Waals surface area contributed by atoms with Crippen LogP contribution in [0.5, 0.6) is 0 Å². The lowest BCUT2D eigenvalue weighted by molar-refractivity contribution is -0.131. The highest BCUT2D eigenvalue weighted by atomic mass is 16.2. The van der Waals surface area contributed by atoms with Gasteiger partial charge in [0.05, 0.1) is 0 Å². The van der Waals surface area contributed by atoms with Gasteiger partial charge in [-0.3, -0.25) is 9.69 Å². The number of rotatable bonds is 3. The van der Waals surface area contributed by atoms with Gasteiger partial charge in [-0.25, -0.2) is 4.79 Å². The van der Waals surface area contributed by atoms with Gasteiger partial charge in [0, 0.05) is 12.6 Å². The largest absolute Gasteiger partial charge is 0.325 e. The lowest BCUT2D eigenvalue weighted by atomic mass is 9.99. The number of nitrogens with one attached hydrogen (secondary N) is 2. The molecule has 2 saturated heterocycles. The molecule has 17 heavy (non-hydrogen) atoms. The van der Waals surface area contributed by atoms with Crippen LogP contribution in [0.4, 0.5) is 4.79 Å². The van der Waals surface area contributed by atoms with Gasteiger partial charge in [-0.2, -0.15) is 0 Å². The fourth-order valence-electron chi connectivity index (χ4n) is 2.45.